The van der Waals surface area contributed by atoms with Crippen molar-refractivity contribution in [1.29, 1.82) is 0 Å². The maximum Gasteiger partial charge on any atom is 0.359 e. The zero-order chi connectivity index (χ0) is 24.5. The number of benzene rings is 2. The van der Waals surface area contributed by atoms with Crippen molar-refractivity contribution in [1.82, 2.24) is 14.8 Å². The summed E-state index contributed by atoms with van der Waals surface area (Å²) in [7, 11) is 1.51. The van der Waals surface area contributed by atoms with Gasteiger partial charge in [0.05, 0.1) is 30.4 Å². The molecule has 2 aromatic carbocycles. The number of ether oxygens (including phenoxy) is 2. The molecule has 35 heavy (non-hydrogen) atoms. The minimum atomic E-state index is -0.665. The smallest absolute Gasteiger partial charge is 0.359 e. The van der Waals surface area contributed by atoms with Gasteiger partial charge in [0.1, 0.15) is 10.8 Å². The fourth-order valence-corrected chi connectivity index (χ4v) is 4.77. The summed E-state index contributed by atoms with van der Waals surface area (Å²) in [6, 6.07) is 14.2. The van der Waals surface area contributed by atoms with E-state index in [0.717, 1.165) is 26.9 Å². The molecule has 3 aromatic heterocycles. The Balaban J connectivity index is 1.66. The number of carbonyl (C=O) groups is 2. The third kappa shape index (κ3) is 3.93. The summed E-state index contributed by atoms with van der Waals surface area (Å²) in [6.07, 6.45) is 1.62. The Labute approximate surface area is 202 Å². The van der Waals surface area contributed by atoms with E-state index in [-0.39, 0.29) is 23.6 Å². The van der Waals surface area contributed by atoms with Crippen LogP contribution in [-0.2, 0) is 4.74 Å². The van der Waals surface area contributed by atoms with Crippen LogP contribution in [0.15, 0.2) is 64.9 Å². The molecule has 0 aliphatic heterocycles. The molecule has 2 N–H and O–H groups in total. The molecule has 0 fully saturated rings. The number of esters is 1. The van der Waals surface area contributed by atoms with E-state index in [1.165, 1.54) is 7.11 Å². The van der Waals surface area contributed by atoms with Crippen LogP contribution in [0.5, 0.6) is 5.75 Å². The largest absolute Gasteiger partial charge is 0.497 e. The van der Waals surface area contributed by atoms with Crippen LogP contribution in [0.1, 0.15) is 27.8 Å². The number of anilines is 1. The number of fused-ring (bicyclic) bond motifs is 2. The van der Waals surface area contributed by atoms with E-state index in [1.807, 2.05) is 24.3 Å². The maximum atomic E-state index is 13.6. The average molecular weight is 489 g/mol. The summed E-state index contributed by atoms with van der Waals surface area (Å²) in [6.45, 7) is 1.84. The molecule has 0 aliphatic rings. The van der Waals surface area contributed by atoms with Gasteiger partial charge in [0.15, 0.2) is 5.69 Å². The summed E-state index contributed by atoms with van der Waals surface area (Å²) in [5.41, 5.74) is 1.16. The van der Waals surface area contributed by atoms with Crippen molar-refractivity contribution >= 4 is 49.9 Å². The highest BCUT2D eigenvalue weighted by molar-refractivity contribution is 7.16. The number of H-pyrrole nitrogens is 1. The van der Waals surface area contributed by atoms with Gasteiger partial charge in [-0.1, -0.05) is 24.3 Å². The fourth-order valence-electron chi connectivity index (χ4n) is 3.84. The Morgan fingerprint density at radius 3 is 2.77 bits per heavy atom. The topological polar surface area (TPSA) is 115 Å². The fraction of sp³-hybridized carbons (Fsp3) is 0.120. The number of nitrogens with zero attached hydrogens (tertiary/aromatic N) is 2. The summed E-state index contributed by atoms with van der Waals surface area (Å²) < 4.78 is 11.6. The molecule has 3 heterocycles. The standard InChI is InChI=1S/C25H20N4O5S/c1-3-34-25(32)21-18-13-35-23(27-22(30)17-12-26-19-10-5-4-9-16(17)19)20(18)24(31)29(28-21)14-7-6-8-15(11-14)33-2/h4-13,26H,3H2,1-2H3,(H,27,30). The van der Waals surface area contributed by atoms with Crippen LogP contribution >= 0.6 is 11.3 Å². The van der Waals surface area contributed by atoms with Gasteiger partial charge in [-0.15, -0.1) is 11.3 Å². The lowest BCUT2D eigenvalue weighted by atomic mass is 10.1. The van der Waals surface area contributed by atoms with Crippen LogP contribution in [0.3, 0.4) is 0 Å². The normalized spacial score (nSPS) is 11.0. The second-order valence-electron chi connectivity index (χ2n) is 7.54. The van der Waals surface area contributed by atoms with Gasteiger partial charge in [-0.05, 0) is 25.1 Å². The first-order chi connectivity index (χ1) is 17.0. The van der Waals surface area contributed by atoms with E-state index in [1.54, 1.807) is 42.8 Å². The lowest BCUT2D eigenvalue weighted by molar-refractivity contribution is 0.0520. The molecule has 9 nitrogen and oxygen atoms in total. The molecule has 0 saturated carbocycles. The van der Waals surface area contributed by atoms with Crippen molar-refractivity contribution in [2.45, 2.75) is 6.92 Å². The third-order valence-corrected chi connectivity index (χ3v) is 6.38. The van der Waals surface area contributed by atoms with Gasteiger partial charge in [-0.25, -0.2) is 4.79 Å². The van der Waals surface area contributed by atoms with Crippen molar-refractivity contribution < 1.29 is 19.1 Å². The van der Waals surface area contributed by atoms with Crippen molar-refractivity contribution in [3.8, 4) is 11.4 Å². The van der Waals surface area contributed by atoms with Gasteiger partial charge in [-0.2, -0.15) is 9.78 Å². The minimum Gasteiger partial charge on any atom is -0.497 e. The maximum absolute atomic E-state index is 13.6. The van der Waals surface area contributed by atoms with Crippen molar-refractivity contribution in [3.05, 3.63) is 81.7 Å². The molecule has 0 saturated heterocycles. The number of para-hydroxylation sites is 1. The quantitative estimate of drug-likeness (QED) is 0.343. The summed E-state index contributed by atoms with van der Waals surface area (Å²) >= 11 is 1.14. The van der Waals surface area contributed by atoms with E-state index in [0.29, 0.717) is 27.4 Å². The molecule has 0 radical (unpaired) electrons. The van der Waals surface area contributed by atoms with Gasteiger partial charge in [-0.3, -0.25) is 9.59 Å². The number of hydrogen-bond acceptors (Lipinski definition) is 7. The summed E-state index contributed by atoms with van der Waals surface area (Å²) in [5, 5.41) is 10.3. The van der Waals surface area contributed by atoms with Crippen molar-refractivity contribution in [2.75, 3.05) is 19.0 Å². The molecular weight excluding hydrogens is 468 g/mol. The predicted octanol–water partition coefficient (Wildman–Crippen LogP) is 4.37. The van der Waals surface area contributed by atoms with E-state index >= 15 is 0 Å². The summed E-state index contributed by atoms with van der Waals surface area (Å²) in [5.74, 6) is -0.526. The van der Waals surface area contributed by atoms with E-state index < -0.39 is 11.5 Å². The molecule has 0 bridgehead atoms. The molecule has 0 spiro atoms. The second-order valence-corrected chi connectivity index (χ2v) is 8.42. The molecule has 0 unspecified atom stereocenters. The van der Waals surface area contributed by atoms with E-state index in [4.69, 9.17) is 9.47 Å². The van der Waals surface area contributed by atoms with E-state index in [2.05, 4.69) is 15.4 Å². The van der Waals surface area contributed by atoms with Crippen molar-refractivity contribution in [3.63, 3.8) is 0 Å². The molecule has 5 aromatic rings. The Bertz CT molecular complexity index is 1650. The highest BCUT2D eigenvalue weighted by Gasteiger charge is 2.24. The number of aromatic amines is 1. The lowest BCUT2D eigenvalue weighted by Crippen LogP contribution is -2.25. The number of nitrogens with one attached hydrogen (secondary N) is 2. The third-order valence-electron chi connectivity index (χ3n) is 5.48. The van der Waals surface area contributed by atoms with Gasteiger partial charge >= 0.3 is 5.97 Å². The lowest BCUT2D eigenvalue weighted by Gasteiger charge is -2.10. The Morgan fingerprint density at radius 1 is 1.14 bits per heavy atom. The zero-order valence-electron chi connectivity index (χ0n) is 18.8. The molecule has 0 atom stereocenters. The number of thiophene rings is 1. The van der Waals surface area contributed by atoms with Crippen LogP contribution in [0.2, 0.25) is 0 Å². The Morgan fingerprint density at radius 2 is 1.97 bits per heavy atom. The van der Waals surface area contributed by atoms with Crippen LogP contribution in [0, 0.1) is 0 Å². The van der Waals surface area contributed by atoms with Crippen LogP contribution < -0.4 is 15.6 Å². The number of hydrogen-bond donors (Lipinski definition) is 2. The van der Waals surface area contributed by atoms with Crippen molar-refractivity contribution in [2.24, 2.45) is 0 Å². The molecule has 5 rings (SSSR count). The monoisotopic (exact) mass is 488 g/mol. The zero-order valence-corrected chi connectivity index (χ0v) is 19.6. The van der Waals surface area contributed by atoms with Crippen LogP contribution in [0.25, 0.3) is 27.4 Å². The van der Waals surface area contributed by atoms with Crippen LogP contribution in [-0.4, -0.2) is 40.4 Å². The van der Waals surface area contributed by atoms with Gasteiger partial charge in [0, 0.05) is 33.9 Å². The Hall–Kier alpha value is -4.44. The Kier molecular flexibility index (Phi) is 5.79. The first-order valence-corrected chi connectivity index (χ1v) is 11.6. The van der Waals surface area contributed by atoms with Gasteiger partial charge in [0.2, 0.25) is 0 Å². The van der Waals surface area contributed by atoms with Gasteiger partial charge < -0.3 is 19.8 Å². The molecule has 0 aliphatic carbocycles. The molecule has 176 valence electrons. The average Bonchev–Trinajstić information content (AvgIpc) is 3.49. The number of rotatable bonds is 6. The number of amides is 1. The first kappa shape index (κ1) is 22.4. The predicted molar refractivity (Wildman–Crippen MR) is 134 cm³/mol. The SMILES string of the molecule is CCOC(=O)c1nn(-c2cccc(OC)c2)c(=O)c2c(NC(=O)c3c[nH]c4ccccc34)scc12. The van der Waals surface area contributed by atoms with E-state index in [9.17, 15) is 14.4 Å². The highest BCUT2D eigenvalue weighted by Crippen LogP contribution is 2.32. The van der Waals surface area contributed by atoms with Gasteiger partial charge in [0.25, 0.3) is 11.5 Å². The van der Waals surface area contributed by atoms with Crippen LogP contribution in [0.4, 0.5) is 5.00 Å². The number of methoxy groups -OCH3 is 1. The highest BCUT2D eigenvalue weighted by atomic mass is 32.1. The molecule has 10 heteroatoms. The number of carbonyl (C=O) groups excluding carboxylic acids is 2. The summed E-state index contributed by atoms with van der Waals surface area (Å²) in [4.78, 5) is 42.5. The first-order valence-electron chi connectivity index (χ1n) is 10.8. The molecular formula is C25H20N4O5S. The number of aromatic nitrogens is 3. The molecule has 1 amide bonds. The minimum absolute atomic E-state index is 0.0203. The second kappa shape index (κ2) is 9.07.